The van der Waals surface area contributed by atoms with Crippen molar-refractivity contribution < 1.29 is 94.2 Å². The lowest BCUT2D eigenvalue weighted by Gasteiger charge is -2.71. The fourth-order valence-electron chi connectivity index (χ4n) is 14.7. The number of fused-ring (bicyclic) bond motifs is 7. The van der Waals surface area contributed by atoms with Gasteiger partial charge in [0.05, 0.1) is 31.3 Å². The number of esters is 1. The highest BCUT2D eigenvalue weighted by Gasteiger charge is 2.69. The molecule has 4 saturated carbocycles. The molecule has 5 aliphatic carbocycles. The Hall–Kier alpha value is -1.92. The van der Waals surface area contributed by atoms with Crippen LogP contribution in [0.3, 0.4) is 0 Å². The Kier molecular flexibility index (Phi) is 13.6. The summed E-state index contributed by atoms with van der Waals surface area (Å²) in [6.07, 6.45) is -14.4. The van der Waals surface area contributed by atoms with Crippen molar-refractivity contribution in [3.8, 4) is 0 Å². The molecule has 24 atom stereocenters. The Morgan fingerprint density at radius 3 is 2.06 bits per heavy atom. The topological polar surface area (TPSA) is 312 Å². The Morgan fingerprint density at radius 2 is 1.39 bits per heavy atom. The second-order valence-corrected chi connectivity index (χ2v) is 22.8. The molecule has 0 unspecified atom stereocenters. The molecule has 0 aromatic heterocycles. The lowest BCUT2D eigenvalue weighted by molar-refractivity contribution is -0.367. The zero-order valence-corrected chi connectivity index (χ0v) is 38.8. The maximum absolute atomic E-state index is 14.1. The minimum absolute atomic E-state index is 0.0371. The third kappa shape index (κ3) is 7.73. The molecule has 0 amide bonds. The molecule has 11 N–H and O–H groups in total. The fourth-order valence-corrected chi connectivity index (χ4v) is 14.7. The molecular weight excluding hydrogens is 868 g/mol. The Morgan fingerprint density at radius 1 is 0.712 bits per heavy atom. The first-order chi connectivity index (χ1) is 30.8. The molecule has 19 heteroatoms. The van der Waals surface area contributed by atoms with Crippen molar-refractivity contribution >= 4 is 11.9 Å². The van der Waals surface area contributed by atoms with Crippen molar-refractivity contribution in [2.24, 2.45) is 50.2 Å². The SMILES string of the molecule is C[C@@]1(C(=O)O[C@@H]2O[C@H](CO)[C@@H](O)[C@H](O)[C@H]2O)CC[C@]2(C)CC[C@]3(C)C(=CC[C@H]4[C@@]5(C)CC[C@H](O[C@@H]6O[C@H](C(=O)O)[C@@H](O)[C@H](O)[C@H]6O[C@@H]6OC[C@@H](O)[C@H](O)[C@H]6O)[C@](C)(CO)[C@@H]5CC[C@]43C)[C@H]2C1. The summed E-state index contributed by atoms with van der Waals surface area (Å²) in [5.41, 5.74) is -1.38. The van der Waals surface area contributed by atoms with Crippen LogP contribution in [0.5, 0.6) is 0 Å². The van der Waals surface area contributed by atoms with Crippen LogP contribution < -0.4 is 0 Å². The summed E-state index contributed by atoms with van der Waals surface area (Å²) in [4.78, 5) is 26.4. The summed E-state index contributed by atoms with van der Waals surface area (Å²) in [6, 6.07) is 0. The summed E-state index contributed by atoms with van der Waals surface area (Å²) in [6.45, 7) is 11.9. The van der Waals surface area contributed by atoms with Gasteiger partial charge in [-0.2, -0.15) is 0 Å². The molecule has 376 valence electrons. The first-order valence-corrected chi connectivity index (χ1v) is 23.9. The number of hydrogen-bond donors (Lipinski definition) is 11. The van der Waals surface area contributed by atoms with E-state index in [1.165, 1.54) is 5.57 Å². The highest BCUT2D eigenvalue weighted by atomic mass is 16.8. The molecule has 7 fully saturated rings. The van der Waals surface area contributed by atoms with Crippen LogP contribution >= 0.6 is 0 Å². The van der Waals surface area contributed by atoms with Gasteiger partial charge in [0.25, 0.3) is 0 Å². The smallest absolute Gasteiger partial charge is 0.335 e. The van der Waals surface area contributed by atoms with Gasteiger partial charge in [-0.05, 0) is 111 Å². The maximum Gasteiger partial charge on any atom is 0.335 e. The van der Waals surface area contributed by atoms with Gasteiger partial charge in [-0.15, -0.1) is 0 Å². The van der Waals surface area contributed by atoms with Gasteiger partial charge in [0.2, 0.25) is 6.29 Å². The minimum Gasteiger partial charge on any atom is -0.479 e. The van der Waals surface area contributed by atoms with E-state index in [1.54, 1.807) is 0 Å². The van der Waals surface area contributed by atoms with Crippen LogP contribution in [0.2, 0.25) is 0 Å². The molecule has 19 nitrogen and oxygen atoms in total. The van der Waals surface area contributed by atoms with Gasteiger partial charge in [0, 0.05) is 5.41 Å². The van der Waals surface area contributed by atoms with E-state index in [0.29, 0.717) is 25.7 Å². The van der Waals surface area contributed by atoms with Gasteiger partial charge in [0.15, 0.2) is 18.7 Å². The standard InChI is InChI=1S/C47H74O19/c1-42-13-14-43(2,41(60)66-39-34(57)30(53)29(52)24(18-48)62-39)17-22(42)21-7-8-26-44(3)11-10-27(45(4,20-49)25(44)9-12-47(26,6)46(21,5)16-15-42)63-40-36(32(55)31(54)35(64-40)37(58)59)65-38-33(56)28(51)23(50)19-61-38/h7,22-36,38-40,48-57H,8-20H2,1-6H3,(H,58,59)/t22-,23-,24-,25-,26+,27+,28+,29-,30+,31+,32+,33-,34-,35+,36-,38+,39+,40-,42-,43-,44+,45-,46-,47-/m1/s1. The summed E-state index contributed by atoms with van der Waals surface area (Å²) >= 11 is 0. The van der Waals surface area contributed by atoms with E-state index in [0.717, 1.165) is 38.5 Å². The Bertz CT molecular complexity index is 1850. The highest BCUT2D eigenvalue weighted by molar-refractivity contribution is 5.77. The van der Waals surface area contributed by atoms with Crippen LogP contribution in [-0.2, 0) is 38.0 Å². The van der Waals surface area contributed by atoms with Crippen LogP contribution in [0.1, 0.15) is 106 Å². The average Bonchev–Trinajstić information content (AvgIpc) is 3.27. The molecule has 0 radical (unpaired) electrons. The molecule has 0 aromatic rings. The van der Waals surface area contributed by atoms with Gasteiger partial charge >= 0.3 is 11.9 Å². The van der Waals surface area contributed by atoms with E-state index in [1.807, 2.05) is 13.8 Å². The Balaban J connectivity index is 1.03. The number of ether oxygens (including phenoxy) is 6. The normalized spacial score (nSPS) is 55.0. The zero-order valence-electron chi connectivity index (χ0n) is 38.8. The zero-order chi connectivity index (χ0) is 48.3. The lowest BCUT2D eigenvalue weighted by atomic mass is 9.33. The van der Waals surface area contributed by atoms with Crippen LogP contribution in [0.15, 0.2) is 11.6 Å². The number of carbonyl (C=O) groups is 2. The molecule has 66 heavy (non-hydrogen) atoms. The largest absolute Gasteiger partial charge is 0.479 e. The van der Waals surface area contributed by atoms with Crippen molar-refractivity contribution in [1.82, 2.24) is 0 Å². The second-order valence-electron chi connectivity index (χ2n) is 22.8. The third-order valence-electron chi connectivity index (χ3n) is 19.3. The number of carboxylic acid groups (broad SMARTS) is 1. The predicted octanol–water partition coefficient (Wildman–Crippen LogP) is -0.156. The summed E-state index contributed by atoms with van der Waals surface area (Å²) in [5.74, 6) is -2.02. The van der Waals surface area contributed by atoms with E-state index < -0.39 is 128 Å². The molecule has 0 spiro atoms. The van der Waals surface area contributed by atoms with E-state index in [4.69, 9.17) is 28.4 Å². The number of carbonyl (C=O) groups excluding carboxylic acids is 1. The number of rotatable bonds is 9. The number of aliphatic hydroxyl groups is 10. The lowest BCUT2D eigenvalue weighted by Crippen LogP contribution is -2.67. The van der Waals surface area contributed by atoms with E-state index in [9.17, 15) is 65.8 Å². The van der Waals surface area contributed by atoms with E-state index >= 15 is 0 Å². The summed E-state index contributed by atoms with van der Waals surface area (Å²) < 4.78 is 35.1. The number of hydrogen-bond acceptors (Lipinski definition) is 18. The molecule has 0 bridgehead atoms. The molecule has 8 aliphatic rings. The quantitative estimate of drug-likeness (QED) is 0.0813. The fraction of sp³-hybridized carbons (Fsp3) is 0.915. The molecule has 0 aromatic carbocycles. The van der Waals surface area contributed by atoms with Gasteiger partial charge in [0.1, 0.15) is 61.0 Å². The molecule has 3 heterocycles. The third-order valence-corrected chi connectivity index (χ3v) is 19.3. The predicted molar refractivity (Wildman–Crippen MR) is 226 cm³/mol. The molecule has 3 aliphatic heterocycles. The monoisotopic (exact) mass is 942 g/mol. The van der Waals surface area contributed by atoms with Crippen LogP contribution in [0, 0.1) is 50.2 Å². The van der Waals surface area contributed by atoms with Gasteiger partial charge in [-0.3, -0.25) is 4.79 Å². The van der Waals surface area contributed by atoms with Crippen molar-refractivity contribution in [3.63, 3.8) is 0 Å². The van der Waals surface area contributed by atoms with E-state index in [2.05, 4.69) is 33.8 Å². The van der Waals surface area contributed by atoms with Crippen molar-refractivity contribution in [2.75, 3.05) is 19.8 Å². The molecular formula is C47H74O19. The molecule has 3 saturated heterocycles. The van der Waals surface area contributed by atoms with Crippen LogP contribution in [-0.4, -0.2) is 180 Å². The summed E-state index contributed by atoms with van der Waals surface area (Å²) in [7, 11) is 0. The number of aliphatic hydroxyl groups excluding tert-OH is 10. The summed E-state index contributed by atoms with van der Waals surface area (Å²) in [5, 5.41) is 116. The van der Waals surface area contributed by atoms with Gasteiger partial charge < -0.3 is 84.6 Å². The van der Waals surface area contributed by atoms with Crippen LogP contribution in [0.25, 0.3) is 0 Å². The minimum atomic E-state index is -1.96. The average molecular weight is 943 g/mol. The molecule has 8 rings (SSSR count). The van der Waals surface area contributed by atoms with Crippen molar-refractivity contribution in [3.05, 3.63) is 11.6 Å². The number of aliphatic carboxylic acids is 1. The van der Waals surface area contributed by atoms with Crippen LogP contribution in [0.4, 0.5) is 0 Å². The van der Waals surface area contributed by atoms with Crippen molar-refractivity contribution in [2.45, 2.75) is 198 Å². The highest BCUT2D eigenvalue weighted by Crippen LogP contribution is 2.76. The van der Waals surface area contributed by atoms with Gasteiger partial charge in [-0.1, -0.05) is 46.3 Å². The van der Waals surface area contributed by atoms with Crippen molar-refractivity contribution in [1.29, 1.82) is 0 Å². The second kappa shape index (κ2) is 17.7. The number of allylic oxidation sites excluding steroid dienone is 2. The first kappa shape index (κ1) is 50.5. The maximum atomic E-state index is 14.1. The Labute approximate surface area is 385 Å². The van der Waals surface area contributed by atoms with E-state index in [-0.39, 0.29) is 46.0 Å². The first-order valence-electron chi connectivity index (χ1n) is 23.9. The van der Waals surface area contributed by atoms with Gasteiger partial charge in [-0.25, -0.2) is 4.79 Å². The number of carboxylic acids is 1.